The van der Waals surface area contributed by atoms with E-state index in [0.29, 0.717) is 12.1 Å². The first-order valence-electron chi connectivity index (χ1n) is 15.5. The first kappa shape index (κ1) is 32.7. The molecule has 0 bridgehead atoms. The summed E-state index contributed by atoms with van der Waals surface area (Å²) >= 11 is 3.19. The Bertz CT molecular complexity index is 1800. The fourth-order valence-electron chi connectivity index (χ4n) is 7.15. The molecule has 3 nitrogen and oxygen atoms in total. The minimum Gasteiger partial charge on any atom is -0.401 e. The molecule has 9 heteroatoms. The van der Waals surface area contributed by atoms with E-state index in [1.54, 1.807) is 0 Å². The Morgan fingerprint density at radius 3 is 2.07 bits per heavy atom. The van der Waals surface area contributed by atoms with Crippen LogP contribution >= 0.6 is 15.9 Å². The summed E-state index contributed by atoms with van der Waals surface area (Å²) in [5.74, 6) is -4.95. The summed E-state index contributed by atoms with van der Waals surface area (Å²) in [5, 5.41) is 2.23. The molecule has 0 aliphatic carbocycles. The molecule has 1 aliphatic heterocycles. The van der Waals surface area contributed by atoms with E-state index in [-0.39, 0.29) is 10.0 Å². The lowest BCUT2D eigenvalue weighted by Gasteiger charge is -2.45. The number of hydrogen-bond acceptors (Lipinski definition) is 2. The maximum absolute atomic E-state index is 16.5. The molecule has 4 aromatic carbocycles. The van der Waals surface area contributed by atoms with Gasteiger partial charge >= 0.3 is 0 Å². The van der Waals surface area contributed by atoms with Crippen molar-refractivity contribution < 1.29 is 22.0 Å². The minimum atomic E-state index is -3.36. The molecule has 0 saturated heterocycles. The Balaban J connectivity index is 1.42. The lowest BCUT2D eigenvalue weighted by atomic mass is 9.88. The van der Waals surface area contributed by atoms with Crippen LogP contribution in [0.25, 0.3) is 10.9 Å². The van der Waals surface area contributed by atoms with Crippen molar-refractivity contribution in [1.82, 2.24) is 9.88 Å². The quantitative estimate of drug-likeness (QED) is 0.0992. The number of H-pyrrole nitrogens is 1. The summed E-state index contributed by atoms with van der Waals surface area (Å²) < 4.78 is 71.2. The average Bonchev–Trinajstić information content (AvgIpc) is 3.39. The molecule has 1 N–H and O–H groups in total. The monoisotopic (exact) mass is 708 g/mol. The van der Waals surface area contributed by atoms with E-state index in [4.69, 9.17) is 4.43 Å². The van der Waals surface area contributed by atoms with Crippen molar-refractivity contribution in [2.45, 2.75) is 57.2 Å². The number of halogens is 5. The van der Waals surface area contributed by atoms with Gasteiger partial charge < -0.3 is 9.41 Å². The molecule has 240 valence electrons. The molecule has 1 aliphatic rings. The number of alkyl halides is 2. The number of nitrogens with zero attached hydrogens (tertiary/aromatic N) is 1. The summed E-state index contributed by atoms with van der Waals surface area (Å²) in [5.41, 5.74) is 1.94. The fourth-order valence-corrected chi connectivity index (χ4v) is 12.1. The summed E-state index contributed by atoms with van der Waals surface area (Å²) in [7, 11) is -3.26. The van der Waals surface area contributed by atoms with Gasteiger partial charge in [-0.25, -0.2) is 17.6 Å². The average molecular weight is 710 g/mol. The van der Waals surface area contributed by atoms with Crippen LogP contribution in [0.1, 0.15) is 50.6 Å². The van der Waals surface area contributed by atoms with Crippen LogP contribution < -0.4 is 10.4 Å². The second kappa shape index (κ2) is 12.4. The predicted octanol–water partition coefficient (Wildman–Crippen LogP) is 8.76. The van der Waals surface area contributed by atoms with E-state index in [2.05, 4.69) is 20.9 Å². The lowest BCUT2D eigenvalue weighted by molar-refractivity contribution is -0.0825. The Hall–Kier alpha value is -3.24. The van der Waals surface area contributed by atoms with Crippen LogP contribution in [0.5, 0.6) is 0 Å². The number of aromatic nitrogens is 1. The summed E-state index contributed by atoms with van der Waals surface area (Å²) in [6.07, 6.45) is 0.443. The zero-order valence-corrected chi connectivity index (χ0v) is 28.8. The van der Waals surface area contributed by atoms with Crippen LogP contribution in [0.3, 0.4) is 0 Å². The van der Waals surface area contributed by atoms with Crippen LogP contribution in [0.15, 0.2) is 102 Å². The van der Waals surface area contributed by atoms with Gasteiger partial charge in [0.2, 0.25) is 0 Å². The predicted molar refractivity (Wildman–Crippen MR) is 183 cm³/mol. The van der Waals surface area contributed by atoms with Gasteiger partial charge in [0.15, 0.2) is 0 Å². The van der Waals surface area contributed by atoms with E-state index in [1.165, 1.54) is 17.0 Å². The van der Waals surface area contributed by atoms with Gasteiger partial charge in [0, 0.05) is 28.2 Å². The number of fused-ring (bicyclic) bond motifs is 3. The standard InChI is InChI=1S/C37H37BrF4N2OSi/c1-24-21-28-27-17-11-12-18-31(27)43-34(28)35(32-30(39)20-19-29(38)33(32)40)44(24)22-37(41,42)23-45-46(36(2,3)4,25-13-7-5-8-14-25)26-15-9-6-10-16-26/h5-20,24,35,43H,21-23H2,1-4H3/t24-,35-/m1/s1. The highest BCUT2D eigenvalue weighted by molar-refractivity contribution is 9.10. The molecule has 0 spiro atoms. The molecule has 2 atom stereocenters. The largest absolute Gasteiger partial charge is 0.401 e. The fraction of sp³-hybridized carbons (Fsp3) is 0.297. The lowest BCUT2D eigenvalue weighted by Crippen LogP contribution is -2.67. The Morgan fingerprint density at radius 1 is 0.870 bits per heavy atom. The number of benzene rings is 4. The van der Waals surface area contributed by atoms with Crippen LogP contribution in [0.4, 0.5) is 17.6 Å². The maximum atomic E-state index is 16.5. The zero-order valence-electron chi connectivity index (χ0n) is 26.3. The van der Waals surface area contributed by atoms with Gasteiger partial charge in [-0.1, -0.05) is 99.6 Å². The second-order valence-corrected chi connectivity index (χ2v) is 18.4. The smallest absolute Gasteiger partial charge is 0.282 e. The summed E-state index contributed by atoms with van der Waals surface area (Å²) in [4.78, 5) is 4.86. The topological polar surface area (TPSA) is 28.3 Å². The van der Waals surface area contributed by atoms with E-state index in [1.807, 2.05) is 113 Å². The third-order valence-corrected chi connectivity index (χ3v) is 14.8. The highest BCUT2D eigenvalue weighted by Gasteiger charge is 2.52. The molecule has 0 unspecified atom stereocenters. The molecule has 1 aromatic heterocycles. The van der Waals surface area contributed by atoms with Crippen molar-refractivity contribution in [3.05, 3.63) is 130 Å². The van der Waals surface area contributed by atoms with Crippen LogP contribution in [-0.2, 0) is 10.8 Å². The van der Waals surface area contributed by atoms with Gasteiger partial charge in [-0.3, -0.25) is 4.90 Å². The third-order valence-electron chi connectivity index (χ3n) is 9.20. The molecular formula is C37H37BrF4N2OSi. The molecule has 0 radical (unpaired) electrons. The van der Waals surface area contributed by atoms with Gasteiger partial charge in [0.05, 0.1) is 23.7 Å². The van der Waals surface area contributed by atoms with Crippen molar-refractivity contribution in [3.8, 4) is 0 Å². The van der Waals surface area contributed by atoms with E-state index in [0.717, 1.165) is 26.8 Å². The molecule has 0 saturated carbocycles. The zero-order chi connectivity index (χ0) is 32.9. The van der Waals surface area contributed by atoms with Crippen molar-refractivity contribution in [3.63, 3.8) is 0 Å². The van der Waals surface area contributed by atoms with Crippen molar-refractivity contribution in [1.29, 1.82) is 0 Å². The SMILES string of the molecule is C[C@@H]1Cc2c([nH]c3ccccc23)[C@@H](c2c(F)ccc(Br)c2F)N1CC(F)(F)CO[Si](c1ccccc1)(c1ccccc1)C(C)(C)C. The van der Waals surface area contributed by atoms with Crippen LogP contribution in [0.2, 0.25) is 5.04 Å². The van der Waals surface area contributed by atoms with Gasteiger partial charge in [-0.15, -0.1) is 0 Å². The maximum Gasteiger partial charge on any atom is 0.282 e. The third kappa shape index (κ3) is 5.76. The van der Waals surface area contributed by atoms with Crippen molar-refractivity contribution in [2.75, 3.05) is 13.2 Å². The summed E-state index contributed by atoms with van der Waals surface area (Å²) in [6.45, 7) is 6.35. The van der Waals surface area contributed by atoms with Crippen LogP contribution in [-0.4, -0.2) is 43.3 Å². The summed E-state index contributed by atoms with van der Waals surface area (Å²) in [6, 6.07) is 27.8. The van der Waals surface area contributed by atoms with Crippen molar-refractivity contribution in [2.24, 2.45) is 0 Å². The number of para-hydroxylation sites is 1. The molecule has 2 heterocycles. The van der Waals surface area contributed by atoms with Crippen LogP contribution in [0, 0.1) is 11.6 Å². The molecule has 0 amide bonds. The van der Waals surface area contributed by atoms with Gasteiger partial charge in [-0.05, 0) is 68.4 Å². The van der Waals surface area contributed by atoms with E-state index >= 15 is 17.6 Å². The molecule has 46 heavy (non-hydrogen) atoms. The highest BCUT2D eigenvalue weighted by Crippen LogP contribution is 2.45. The molecule has 5 aromatic rings. The number of aromatic amines is 1. The van der Waals surface area contributed by atoms with Gasteiger partial charge in [0.1, 0.15) is 11.6 Å². The van der Waals surface area contributed by atoms with E-state index in [9.17, 15) is 0 Å². The van der Waals surface area contributed by atoms with E-state index < -0.39 is 56.1 Å². The number of nitrogens with one attached hydrogen (secondary N) is 1. The molecule has 6 rings (SSSR count). The number of hydrogen-bond donors (Lipinski definition) is 1. The molecule has 0 fully saturated rings. The number of rotatable bonds is 8. The second-order valence-electron chi connectivity index (χ2n) is 13.3. The van der Waals surface area contributed by atoms with Gasteiger partial charge in [-0.2, -0.15) is 0 Å². The minimum absolute atomic E-state index is 0.0708. The highest BCUT2D eigenvalue weighted by atomic mass is 79.9. The Morgan fingerprint density at radius 2 is 1.46 bits per heavy atom. The Kier molecular flexibility index (Phi) is 8.82. The Labute approximate surface area is 276 Å². The first-order valence-corrected chi connectivity index (χ1v) is 18.2. The van der Waals surface area contributed by atoms with Gasteiger partial charge in [0.25, 0.3) is 14.2 Å². The normalized spacial score (nSPS) is 17.8. The van der Waals surface area contributed by atoms with Crippen molar-refractivity contribution >= 4 is 45.5 Å². The molecular weight excluding hydrogens is 672 g/mol. The first-order chi connectivity index (χ1) is 21.8.